The van der Waals surface area contributed by atoms with E-state index in [1.807, 2.05) is 0 Å². The maximum absolute atomic E-state index is 12.0. The first-order valence-corrected chi connectivity index (χ1v) is 7.01. The molecular weight excluding hydrogens is 252 g/mol. The molecule has 4 nitrogen and oxygen atoms in total. The molecule has 0 bridgehead atoms. The summed E-state index contributed by atoms with van der Waals surface area (Å²) in [4.78, 5) is 12.0. The first-order valence-electron chi connectivity index (χ1n) is 7.01. The Morgan fingerprint density at radius 2 is 2.10 bits per heavy atom. The minimum absolute atomic E-state index is 0.0254. The van der Waals surface area contributed by atoms with E-state index in [9.17, 15) is 9.90 Å². The molecule has 4 heteroatoms. The van der Waals surface area contributed by atoms with Gasteiger partial charge in [-0.1, -0.05) is 32.9 Å². The molecule has 1 aromatic carbocycles. The minimum atomic E-state index is -0.369. The van der Waals surface area contributed by atoms with Crippen LogP contribution < -0.4 is 5.43 Å². The average Bonchev–Trinajstić information content (AvgIpc) is 2.34. The number of hydrogen-bond acceptors (Lipinski definition) is 3. The molecule has 1 aliphatic rings. The third-order valence-corrected chi connectivity index (χ3v) is 3.63. The SMILES string of the molecule is C[C@H]1C/C(=N/NC(=O)c2ccccc2O)CC(C)(C)C1. The smallest absolute Gasteiger partial charge is 0.275 e. The molecule has 0 aliphatic heterocycles. The first-order chi connectivity index (χ1) is 9.37. The van der Waals surface area contributed by atoms with Crippen LogP contribution in [0.3, 0.4) is 0 Å². The van der Waals surface area contributed by atoms with Gasteiger partial charge < -0.3 is 5.11 Å². The molecule has 108 valence electrons. The van der Waals surface area contributed by atoms with Crippen LogP contribution in [0.5, 0.6) is 5.75 Å². The molecule has 0 saturated heterocycles. The molecule has 1 atom stereocenters. The van der Waals surface area contributed by atoms with Gasteiger partial charge in [-0.25, -0.2) is 5.43 Å². The summed E-state index contributed by atoms with van der Waals surface area (Å²) in [6.45, 7) is 6.66. The van der Waals surface area contributed by atoms with Gasteiger partial charge in [0.15, 0.2) is 0 Å². The van der Waals surface area contributed by atoms with Crippen molar-refractivity contribution < 1.29 is 9.90 Å². The number of phenols is 1. The van der Waals surface area contributed by atoms with Crippen molar-refractivity contribution in [1.29, 1.82) is 0 Å². The van der Waals surface area contributed by atoms with Crippen molar-refractivity contribution in [2.24, 2.45) is 16.4 Å². The number of amides is 1. The van der Waals surface area contributed by atoms with E-state index >= 15 is 0 Å². The van der Waals surface area contributed by atoms with Crippen molar-refractivity contribution in [1.82, 2.24) is 5.43 Å². The summed E-state index contributed by atoms with van der Waals surface area (Å²) < 4.78 is 0. The maximum atomic E-state index is 12.0. The highest BCUT2D eigenvalue weighted by Gasteiger charge is 2.29. The number of nitrogens with zero attached hydrogens (tertiary/aromatic N) is 1. The van der Waals surface area contributed by atoms with Crippen LogP contribution >= 0.6 is 0 Å². The number of para-hydroxylation sites is 1. The zero-order valence-corrected chi connectivity index (χ0v) is 12.3. The predicted molar refractivity (Wildman–Crippen MR) is 79.8 cm³/mol. The van der Waals surface area contributed by atoms with Crippen molar-refractivity contribution in [3.05, 3.63) is 29.8 Å². The van der Waals surface area contributed by atoms with E-state index < -0.39 is 0 Å². The fraction of sp³-hybridized carbons (Fsp3) is 0.500. The van der Waals surface area contributed by atoms with E-state index in [1.165, 1.54) is 12.5 Å². The highest BCUT2D eigenvalue weighted by Crippen LogP contribution is 2.36. The Balaban J connectivity index is 2.06. The summed E-state index contributed by atoms with van der Waals surface area (Å²) >= 11 is 0. The second-order valence-electron chi connectivity index (χ2n) is 6.49. The Morgan fingerprint density at radius 1 is 1.40 bits per heavy atom. The minimum Gasteiger partial charge on any atom is -0.507 e. The molecule has 2 N–H and O–H groups in total. The molecule has 0 heterocycles. The van der Waals surface area contributed by atoms with Crippen LogP contribution in [-0.2, 0) is 0 Å². The number of hydrazone groups is 1. The molecular formula is C16H22N2O2. The number of carbonyl (C=O) groups excluding carboxylic acids is 1. The molecule has 0 spiro atoms. The third-order valence-electron chi connectivity index (χ3n) is 3.63. The summed E-state index contributed by atoms with van der Waals surface area (Å²) in [6.07, 6.45) is 3.00. The van der Waals surface area contributed by atoms with Crippen molar-refractivity contribution in [2.45, 2.75) is 40.0 Å². The lowest BCUT2D eigenvalue weighted by Gasteiger charge is -2.34. The van der Waals surface area contributed by atoms with Crippen molar-refractivity contribution >= 4 is 11.6 Å². The normalized spacial score (nSPS) is 23.6. The zero-order valence-electron chi connectivity index (χ0n) is 12.3. The van der Waals surface area contributed by atoms with Crippen LogP contribution in [0.4, 0.5) is 0 Å². The summed E-state index contributed by atoms with van der Waals surface area (Å²) in [5, 5.41) is 13.9. The Bertz CT molecular complexity index is 535. The molecule has 1 aromatic rings. The second kappa shape index (κ2) is 5.65. The highest BCUT2D eigenvalue weighted by molar-refractivity contribution is 5.97. The molecule has 2 rings (SSSR count). The number of benzene rings is 1. The van der Waals surface area contributed by atoms with Crippen LogP contribution in [0.1, 0.15) is 50.4 Å². The van der Waals surface area contributed by atoms with Gasteiger partial charge in [0.05, 0.1) is 5.56 Å². The van der Waals surface area contributed by atoms with Crippen LogP contribution in [-0.4, -0.2) is 16.7 Å². The van der Waals surface area contributed by atoms with Gasteiger partial charge in [0.25, 0.3) is 5.91 Å². The van der Waals surface area contributed by atoms with Crippen LogP contribution in [0.15, 0.2) is 29.4 Å². The Kier molecular flexibility index (Phi) is 4.12. The van der Waals surface area contributed by atoms with E-state index in [1.54, 1.807) is 18.2 Å². The lowest BCUT2D eigenvalue weighted by Crippen LogP contribution is -2.30. The van der Waals surface area contributed by atoms with Crippen LogP contribution in [0.2, 0.25) is 0 Å². The van der Waals surface area contributed by atoms with Crippen molar-refractivity contribution in [3.8, 4) is 5.75 Å². The van der Waals surface area contributed by atoms with Crippen molar-refractivity contribution in [3.63, 3.8) is 0 Å². The van der Waals surface area contributed by atoms with E-state index in [-0.39, 0.29) is 22.6 Å². The maximum Gasteiger partial charge on any atom is 0.275 e. The average molecular weight is 274 g/mol. The molecule has 0 unspecified atom stereocenters. The summed E-state index contributed by atoms with van der Waals surface area (Å²) in [6, 6.07) is 6.48. The van der Waals surface area contributed by atoms with Gasteiger partial charge >= 0.3 is 0 Å². The summed E-state index contributed by atoms with van der Waals surface area (Å²) in [5.41, 5.74) is 4.06. The predicted octanol–water partition coefficient (Wildman–Crippen LogP) is 3.32. The number of carbonyl (C=O) groups is 1. The molecule has 1 amide bonds. The van der Waals surface area contributed by atoms with Gasteiger partial charge in [-0.2, -0.15) is 5.10 Å². The number of aromatic hydroxyl groups is 1. The monoisotopic (exact) mass is 274 g/mol. The Morgan fingerprint density at radius 3 is 2.75 bits per heavy atom. The molecule has 1 saturated carbocycles. The van der Waals surface area contributed by atoms with Gasteiger partial charge in [-0.3, -0.25) is 4.79 Å². The van der Waals surface area contributed by atoms with Crippen LogP contribution in [0.25, 0.3) is 0 Å². The lowest BCUT2D eigenvalue weighted by atomic mass is 9.72. The molecule has 1 aliphatic carbocycles. The van der Waals surface area contributed by atoms with E-state index in [0.29, 0.717) is 5.92 Å². The largest absolute Gasteiger partial charge is 0.507 e. The second-order valence-corrected chi connectivity index (χ2v) is 6.49. The standard InChI is InChI=1S/C16H22N2O2/c1-11-8-12(10-16(2,3)9-11)17-18-15(20)13-6-4-5-7-14(13)19/h4-7,11,19H,8-10H2,1-3H3,(H,18,20)/b17-12-/t11-/m0/s1. The summed E-state index contributed by atoms with van der Waals surface area (Å²) in [7, 11) is 0. The van der Waals surface area contributed by atoms with Crippen LogP contribution in [0, 0.1) is 11.3 Å². The highest BCUT2D eigenvalue weighted by atomic mass is 16.3. The molecule has 1 fully saturated rings. The van der Waals surface area contributed by atoms with Crippen molar-refractivity contribution in [2.75, 3.05) is 0 Å². The van der Waals surface area contributed by atoms with E-state index in [0.717, 1.165) is 18.6 Å². The Hall–Kier alpha value is -1.84. The molecule has 0 radical (unpaired) electrons. The first kappa shape index (κ1) is 14.6. The summed E-state index contributed by atoms with van der Waals surface area (Å²) in [5.74, 6) is 0.189. The fourth-order valence-corrected chi connectivity index (χ4v) is 3.06. The third kappa shape index (κ3) is 3.59. The quantitative estimate of drug-likeness (QED) is 0.813. The van der Waals surface area contributed by atoms with E-state index in [4.69, 9.17) is 0 Å². The van der Waals surface area contributed by atoms with Gasteiger partial charge in [0, 0.05) is 5.71 Å². The Labute approximate surface area is 119 Å². The fourth-order valence-electron chi connectivity index (χ4n) is 3.06. The van der Waals surface area contributed by atoms with Gasteiger partial charge in [-0.15, -0.1) is 0 Å². The zero-order chi connectivity index (χ0) is 14.8. The van der Waals surface area contributed by atoms with E-state index in [2.05, 4.69) is 31.3 Å². The van der Waals surface area contributed by atoms with Gasteiger partial charge in [0.2, 0.25) is 0 Å². The van der Waals surface area contributed by atoms with Gasteiger partial charge in [-0.05, 0) is 42.7 Å². The number of hydrogen-bond donors (Lipinski definition) is 2. The molecule has 0 aromatic heterocycles. The molecule has 20 heavy (non-hydrogen) atoms. The lowest BCUT2D eigenvalue weighted by molar-refractivity contribution is 0.0951. The number of rotatable bonds is 2. The number of phenolic OH excluding ortho intramolecular Hbond substituents is 1. The topological polar surface area (TPSA) is 61.7 Å². The number of nitrogens with one attached hydrogen (secondary N) is 1. The van der Waals surface area contributed by atoms with Gasteiger partial charge in [0.1, 0.15) is 5.75 Å².